The Hall–Kier alpha value is -1.82. The Kier molecular flexibility index (Phi) is 6.29. The molecule has 0 aliphatic carbocycles. The molecule has 3 rings (SSSR count). The van der Waals surface area contributed by atoms with Crippen molar-refractivity contribution in [3.05, 3.63) is 36.4 Å². The summed E-state index contributed by atoms with van der Waals surface area (Å²) in [6, 6.07) is 11.1. The van der Waals surface area contributed by atoms with Crippen LogP contribution >= 0.6 is 0 Å². The fourth-order valence-corrected chi connectivity index (χ4v) is 2.78. The Morgan fingerprint density at radius 1 is 0.958 bits per heavy atom. The molecule has 0 bridgehead atoms. The first-order valence-electron chi connectivity index (χ1n) is 8.49. The van der Waals surface area contributed by atoms with Gasteiger partial charge in [0.05, 0.1) is 19.8 Å². The van der Waals surface area contributed by atoms with Crippen LogP contribution in [-0.4, -0.2) is 44.4 Å². The highest BCUT2D eigenvalue weighted by Gasteiger charge is 2.13. The maximum absolute atomic E-state index is 9.87. The highest BCUT2D eigenvalue weighted by Crippen LogP contribution is 2.31. The Labute approximate surface area is 142 Å². The van der Waals surface area contributed by atoms with Gasteiger partial charge >= 0.3 is 0 Å². The van der Waals surface area contributed by atoms with Crippen LogP contribution in [0.2, 0.25) is 0 Å². The molecule has 2 aromatic rings. The third-order valence-electron chi connectivity index (χ3n) is 4.01. The molecule has 24 heavy (non-hydrogen) atoms. The molecule has 0 saturated carbocycles. The van der Waals surface area contributed by atoms with Crippen LogP contribution < -0.4 is 4.74 Å². The van der Waals surface area contributed by atoms with E-state index in [0.29, 0.717) is 26.4 Å². The molecule has 130 valence electrons. The molecule has 1 aliphatic heterocycles. The van der Waals surface area contributed by atoms with Crippen LogP contribution in [0.5, 0.6) is 11.5 Å². The molecule has 1 unspecified atom stereocenters. The van der Waals surface area contributed by atoms with Gasteiger partial charge in [0.25, 0.3) is 0 Å². The molecule has 5 heteroatoms. The summed E-state index contributed by atoms with van der Waals surface area (Å²) in [6.45, 7) is 2.80. The normalized spacial score (nSPS) is 17.9. The molecule has 0 aromatic heterocycles. The average Bonchev–Trinajstić information content (AvgIpc) is 2.62. The standard InChI is InChI=1S/C19H24O5/c20-17-7-3-6-16-15(17)5-4-8-18(16)22-13-11-21-12-14-24-19-9-1-2-10-23-19/h3-8,19-20H,1-2,9-14H2. The number of phenolic OH excluding ortho intramolecular Hbond substituents is 1. The van der Waals surface area contributed by atoms with E-state index in [0.717, 1.165) is 36.0 Å². The predicted molar refractivity (Wildman–Crippen MR) is 91.5 cm³/mol. The summed E-state index contributed by atoms with van der Waals surface area (Å²) in [5.41, 5.74) is 0. The average molecular weight is 332 g/mol. The van der Waals surface area contributed by atoms with Crippen LogP contribution in [0.3, 0.4) is 0 Å². The zero-order chi connectivity index (χ0) is 16.6. The Bertz CT molecular complexity index is 637. The van der Waals surface area contributed by atoms with Gasteiger partial charge in [-0.05, 0) is 31.4 Å². The monoisotopic (exact) mass is 332 g/mol. The number of fused-ring (bicyclic) bond motifs is 1. The molecular weight excluding hydrogens is 308 g/mol. The number of ether oxygens (including phenoxy) is 4. The fourth-order valence-electron chi connectivity index (χ4n) is 2.78. The minimum absolute atomic E-state index is 0.0676. The predicted octanol–water partition coefficient (Wildman–Crippen LogP) is 3.48. The lowest BCUT2D eigenvalue weighted by Gasteiger charge is -2.22. The summed E-state index contributed by atoms with van der Waals surface area (Å²) >= 11 is 0. The summed E-state index contributed by atoms with van der Waals surface area (Å²) in [5.74, 6) is 1.01. The molecule has 0 radical (unpaired) electrons. The third kappa shape index (κ3) is 4.60. The van der Waals surface area contributed by atoms with Gasteiger partial charge in [0.1, 0.15) is 18.1 Å². The van der Waals surface area contributed by atoms with Crippen molar-refractivity contribution in [1.29, 1.82) is 0 Å². The topological polar surface area (TPSA) is 57.2 Å². The Morgan fingerprint density at radius 3 is 2.67 bits per heavy atom. The lowest BCUT2D eigenvalue weighted by molar-refractivity contribution is -0.169. The minimum Gasteiger partial charge on any atom is -0.507 e. The van der Waals surface area contributed by atoms with Crippen molar-refractivity contribution in [2.24, 2.45) is 0 Å². The van der Waals surface area contributed by atoms with E-state index in [1.54, 1.807) is 6.07 Å². The maximum atomic E-state index is 9.87. The first-order valence-corrected chi connectivity index (χ1v) is 8.49. The molecule has 0 spiro atoms. The molecule has 1 atom stereocenters. The maximum Gasteiger partial charge on any atom is 0.157 e. The van der Waals surface area contributed by atoms with Gasteiger partial charge in [-0.15, -0.1) is 0 Å². The van der Waals surface area contributed by atoms with Gasteiger partial charge in [0, 0.05) is 17.4 Å². The highest BCUT2D eigenvalue weighted by atomic mass is 16.7. The lowest BCUT2D eigenvalue weighted by Crippen LogP contribution is -2.24. The summed E-state index contributed by atoms with van der Waals surface area (Å²) in [6.07, 6.45) is 3.19. The minimum atomic E-state index is -0.0676. The number of aromatic hydroxyl groups is 1. The van der Waals surface area contributed by atoms with Crippen LogP contribution in [0.25, 0.3) is 10.8 Å². The van der Waals surface area contributed by atoms with Gasteiger partial charge in [0.15, 0.2) is 6.29 Å². The zero-order valence-electron chi connectivity index (χ0n) is 13.8. The van der Waals surface area contributed by atoms with E-state index >= 15 is 0 Å². The third-order valence-corrected chi connectivity index (χ3v) is 4.01. The highest BCUT2D eigenvalue weighted by molar-refractivity contribution is 5.92. The van der Waals surface area contributed by atoms with Crippen LogP contribution in [0.15, 0.2) is 36.4 Å². The van der Waals surface area contributed by atoms with Crippen LogP contribution in [0.4, 0.5) is 0 Å². The summed E-state index contributed by atoms with van der Waals surface area (Å²) in [7, 11) is 0. The smallest absolute Gasteiger partial charge is 0.157 e. The van der Waals surface area contributed by atoms with Crippen molar-refractivity contribution in [1.82, 2.24) is 0 Å². The first kappa shape index (κ1) is 17.0. The van der Waals surface area contributed by atoms with E-state index in [-0.39, 0.29) is 12.0 Å². The SMILES string of the molecule is Oc1cccc2c(OCCOCCOC3CCCCO3)cccc12. The quantitative estimate of drug-likeness (QED) is 0.750. The van der Waals surface area contributed by atoms with Gasteiger partial charge in [-0.3, -0.25) is 0 Å². The number of hydrogen-bond donors (Lipinski definition) is 1. The number of rotatable bonds is 8. The molecular formula is C19H24O5. The largest absolute Gasteiger partial charge is 0.507 e. The molecule has 2 aromatic carbocycles. The summed E-state index contributed by atoms with van der Waals surface area (Å²) in [4.78, 5) is 0. The lowest BCUT2D eigenvalue weighted by atomic mass is 10.1. The van der Waals surface area contributed by atoms with Gasteiger partial charge in [0.2, 0.25) is 0 Å². The second-order valence-electron chi connectivity index (χ2n) is 5.76. The van der Waals surface area contributed by atoms with Crippen molar-refractivity contribution in [3.63, 3.8) is 0 Å². The van der Waals surface area contributed by atoms with Crippen molar-refractivity contribution < 1.29 is 24.1 Å². The van der Waals surface area contributed by atoms with Crippen molar-refractivity contribution in [3.8, 4) is 11.5 Å². The van der Waals surface area contributed by atoms with Gasteiger partial charge < -0.3 is 24.1 Å². The van der Waals surface area contributed by atoms with Crippen molar-refractivity contribution in [2.45, 2.75) is 25.6 Å². The molecule has 1 aliphatic rings. The van der Waals surface area contributed by atoms with E-state index < -0.39 is 0 Å². The number of benzene rings is 2. The van der Waals surface area contributed by atoms with Crippen LogP contribution in [0, 0.1) is 0 Å². The van der Waals surface area contributed by atoms with E-state index in [1.165, 1.54) is 6.42 Å². The fraction of sp³-hybridized carbons (Fsp3) is 0.474. The molecule has 5 nitrogen and oxygen atoms in total. The van der Waals surface area contributed by atoms with E-state index in [2.05, 4.69) is 0 Å². The second kappa shape index (κ2) is 8.87. The molecule has 1 heterocycles. The Balaban J connectivity index is 1.36. The van der Waals surface area contributed by atoms with Gasteiger partial charge in [-0.1, -0.05) is 24.3 Å². The van der Waals surface area contributed by atoms with E-state index in [1.807, 2.05) is 30.3 Å². The summed E-state index contributed by atoms with van der Waals surface area (Å²) < 4.78 is 22.4. The van der Waals surface area contributed by atoms with Gasteiger partial charge in [-0.2, -0.15) is 0 Å². The van der Waals surface area contributed by atoms with Crippen LogP contribution in [-0.2, 0) is 14.2 Å². The molecule has 0 amide bonds. The van der Waals surface area contributed by atoms with E-state index in [9.17, 15) is 5.11 Å². The second-order valence-corrected chi connectivity index (χ2v) is 5.76. The van der Waals surface area contributed by atoms with Crippen molar-refractivity contribution in [2.75, 3.05) is 33.0 Å². The molecule has 1 N–H and O–H groups in total. The first-order chi connectivity index (χ1) is 11.8. The summed E-state index contributed by atoms with van der Waals surface area (Å²) in [5, 5.41) is 11.6. The van der Waals surface area contributed by atoms with Crippen LogP contribution in [0.1, 0.15) is 19.3 Å². The van der Waals surface area contributed by atoms with Gasteiger partial charge in [-0.25, -0.2) is 0 Å². The Morgan fingerprint density at radius 2 is 1.79 bits per heavy atom. The number of hydrogen-bond acceptors (Lipinski definition) is 5. The molecule has 1 saturated heterocycles. The van der Waals surface area contributed by atoms with E-state index in [4.69, 9.17) is 18.9 Å². The molecule has 1 fully saturated rings. The zero-order valence-corrected chi connectivity index (χ0v) is 13.8. The van der Waals surface area contributed by atoms with Crippen molar-refractivity contribution >= 4 is 10.8 Å². The number of phenols is 1.